The Hall–Kier alpha value is -1.56. The SMILES string of the molecule is Cc1cccc(NC(=O)[C@@H](C)Nc2ccc(I)cc2)c1. The van der Waals surface area contributed by atoms with Crippen LogP contribution in [-0.2, 0) is 4.79 Å². The lowest BCUT2D eigenvalue weighted by Crippen LogP contribution is -2.31. The zero-order valence-corrected chi connectivity index (χ0v) is 13.6. The number of carbonyl (C=O) groups excluding carboxylic acids is 1. The van der Waals surface area contributed by atoms with E-state index in [4.69, 9.17) is 0 Å². The fourth-order valence-corrected chi connectivity index (χ4v) is 2.19. The van der Waals surface area contributed by atoms with E-state index in [1.54, 1.807) is 0 Å². The first-order chi connectivity index (χ1) is 9.54. The molecule has 0 aliphatic rings. The molecule has 0 spiro atoms. The number of aryl methyl sites for hydroxylation is 1. The Kier molecular flexibility index (Phi) is 5.00. The second-order valence-corrected chi connectivity index (χ2v) is 5.98. The standard InChI is InChI=1S/C16H17IN2O/c1-11-4-3-5-15(10-11)19-16(20)12(2)18-14-8-6-13(17)7-9-14/h3-10,12,18H,1-2H3,(H,19,20)/t12-/m1/s1. The van der Waals surface area contributed by atoms with Gasteiger partial charge in [0.2, 0.25) is 5.91 Å². The minimum absolute atomic E-state index is 0.0471. The quantitative estimate of drug-likeness (QED) is 0.787. The molecule has 0 fully saturated rings. The summed E-state index contributed by atoms with van der Waals surface area (Å²) in [6, 6.07) is 15.4. The van der Waals surface area contributed by atoms with Crippen molar-refractivity contribution in [3.63, 3.8) is 0 Å². The summed E-state index contributed by atoms with van der Waals surface area (Å²) in [5, 5.41) is 6.10. The molecule has 0 heterocycles. The number of halogens is 1. The molecule has 4 heteroatoms. The summed E-state index contributed by atoms with van der Waals surface area (Å²) in [4.78, 5) is 12.1. The molecular weight excluding hydrogens is 363 g/mol. The van der Waals surface area contributed by atoms with Crippen LogP contribution in [0.25, 0.3) is 0 Å². The molecule has 2 aromatic carbocycles. The molecular formula is C16H17IN2O. The van der Waals surface area contributed by atoms with E-state index in [1.807, 2.05) is 62.4 Å². The number of benzene rings is 2. The molecule has 2 N–H and O–H groups in total. The van der Waals surface area contributed by atoms with Gasteiger partial charge in [0.1, 0.15) is 6.04 Å². The summed E-state index contributed by atoms with van der Waals surface area (Å²) in [7, 11) is 0. The van der Waals surface area contributed by atoms with Crippen molar-refractivity contribution in [1.82, 2.24) is 0 Å². The Morgan fingerprint density at radius 2 is 1.80 bits per heavy atom. The van der Waals surface area contributed by atoms with Gasteiger partial charge in [0, 0.05) is 14.9 Å². The van der Waals surface area contributed by atoms with Crippen LogP contribution < -0.4 is 10.6 Å². The van der Waals surface area contributed by atoms with Crippen molar-refractivity contribution in [2.45, 2.75) is 19.9 Å². The molecule has 2 aromatic rings. The molecule has 20 heavy (non-hydrogen) atoms. The Bertz CT molecular complexity index is 596. The molecule has 0 saturated carbocycles. The van der Waals surface area contributed by atoms with E-state index in [0.717, 1.165) is 16.9 Å². The summed E-state index contributed by atoms with van der Waals surface area (Å²) in [6.45, 7) is 3.85. The van der Waals surface area contributed by atoms with E-state index < -0.39 is 0 Å². The maximum absolute atomic E-state index is 12.1. The number of anilines is 2. The molecule has 0 unspecified atom stereocenters. The van der Waals surface area contributed by atoms with Gasteiger partial charge in [0.05, 0.1) is 0 Å². The number of nitrogens with one attached hydrogen (secondary N) is 2. The summed E-state index contributed by atoms with van der Waals surface area (Å²) >= 11 is 2.25. The maximum Gasteiger partial charge on any atom is 0.246 e. The molecule has 0 saturated heterocycles. The predicted octanol–water partition coefficient (Wildman–Crippen LogP) is 4.04. The van der Waals surface area contributed by atoms with Gasteiger partial charge in [0.25, 0.3) is 0 Å². The first-order valence-electron chi connectivity index (χ1n) is 6.44. The van der Waals surface area contributed by atoms with Gasteiger partial charge in [-0.2, -0.15) is 0 Å². The van der Waals surface area contributed by atoms with E-state index in [-0.39, 0.29) is 11.9 Å². The van der Waals surface area contributed by atoms with Crippen LogP contribution in [0.1, 0.15) is 12.5 Å². The van der Waals surface area contributed by atoms with Gasteiger partial charge in [-0.15, -0.1) is 0 Å². The fourth-order valence-electron chi connectivity index (χ4n) is 1.83. The van der Waals surface area contributed by atoms with Crippen LogP contribution in [0.3, 0.4) is 0 Å². The van der Waals surface area contributed by atoms with E-state index in [9.17, 15) is 4.79 Å². The van der Waals surface area contributed by atoms with Crippen LogP contribution in [-0.4, -0.2) is 11.9 Å². The predicted molar refractivity (Wildman–Crippen MR) is 92.1 cm³/mol. The molecule has 3 nitrogen and oxygen atoms in total. The van der Waals surface area contributed by atoms with Crippen molar-refractivity contribution in [2.24, 2.45) is 0 Å². The lowest BCUT2D eigenvalue weighted by molar-refractivity contribution is -0.116. The van der Waals surface area contributed by atoms with Crippen LogP contribution in [0.4, 0.5) is 11.4 Å². The van der Waals surface area contributed by atoms with Gasteiger partial charge in [0.15, 0.2) is 0 Å². The highest BCUT2D eigenvalue weighted by molar-refractivity contribution is 14.1. The highest BCUT2D eigenvalue weighted by Crippen LogP contribution is 2.14. The summed E-state index contributed by atoms with van der Waals surface area (Å²) in [5.74, 6) is -0.0471. The van der Waals surface area contributed by atoms with Crippen LogP contribution >= 0.6 is 22.6 Å². The summed E-state index contributed by atoms with van der Waals surface area (Å²) in [6.07, 6.45) is 0. The first kappa shape index (κ1) is 14.8. The zero-order valence-electron chi connectivity index (χ0n) is 11.5. The molecule has 0 aliphatic heterocycles. The van der Waals surface area contributed by atoms with Crippen LogP contribution in [0.15, 0.2) is 48.5 Å². The largest absolute Gasteiger partial charge is 0.374 e. The number of amides is 1. The fraction of sp³-hybridized carbons (Fsp3) is 0.188. The maximum atomic E-state index is 12.1. The molecule has 1 amide bonds. The van der Waals surface area contributed by atoms with Crippen molar-refractivity contribution in [3.05, 3.63) is 57.7 Å². The average Bonchev–Trinajstić information content (AvgIpc) is 2.41. The Morgan fingerprint density at radius 3 is 2.45 bits per heavy atom. The topological polar surface area (TPSA) is 41.1 Å². The first-order valence-corrected chi connectivity index (χ1v) is 7.52. The third kappa shape index (κ3) is 4.23. The minimum atomic E-state index is -0.296. The van der Waals surface area contributed by atoms with Crippen molar-refractivity contribution in [2.75, 3.05) is 10.6 Å². The highest BCUT2D eigenvalue weighted by atomic mass is 127. The second kappa shape index (κ2) is 6.74. The summed E-state index contributed by atoms with van der Waals surface area (Å²) in [5.41, 5.74) is 2.89. The Balaban J connectivity index is 1.96. The zero-order chi connectivity index (χ0) is 14.5. The summed E-state index contributed by atoms with van der Waals surface area (Å²) < 4.78 is 1.17. The molecule has 2 rings (SSSR count). The second-order valence-electron chi connectivity index (χ2n) is 4.73. The number of rotatable bonds is 4. The molecule has 104 valence electrons. The average molecular weight is 380 g/mol. The van der Waals surface area contributed by atoms with Crippen molar-refractivity contribution in [3.8, 4) is 0 Å². The number of hydrogen-bond acceptors (Lipinski definition) is 2. The van der Waals surface area contributed by atoms with Crippen LogP contribution in [0.5, 0.6) is 0 Å². The van der Waals surface area contributed by atoms with Crippen LogP contribution in [0.2, 0.25) is 0 Å². The van der Waals surface area contributed by atoms with E-state index in [2.05, 4.69) is 33.2 Å². The molecule has 0 aromatic heterocycles. The minimum Gasteiger partial charge on any atom is -0.374 e. The Morgan fingerprint density at radius 1 is 1.10 bits per heavy atom. The van der Waals surface area contributed by atoms with Crippen molar-refractivity contribution in [1.29, 1.82) is 0 Å². The van der Waals surface area contributed by atoms with Gasteiger partial charge in [-0.3, -0.25) is 4.79 Å². The van der Waals surface area contributed by atoms with Gasteiger partial charge in [-0.05, 0) is 78.4 Å². The smallest absolute Gasteiger partial charge is 0.246 e. The van der Waals surface area contributed by atoms with Crippen molar-refractivity contribution < 1.29 is 4.79 Å². The van der Waals surface area contributed by atoms with Crippen LogP contribution in [0, 0.1) is 10.5 Å². The molecule has 0 aliphatic carbocycles. The van der Waals surface area contributed by atoms with Gasteiger partial charge in [-0.25, -0.2) is 0 Å². The third-order valence-corrected chi connectivity index (χ3v) is 3.63. The monoisotopic (exact) mass is 380 g/mol. The molecule has 0 radical (unpaired) electrons. The third-order valence-electron chi connectivity index (χ3n) is 2.91. The van der Waals surface area contributed by atoms with Gasteiger partial charge >= 0.3 is 0 Å². The Labute approximate surface area is 132 Å². The van der Waals surface area contributed by atoms with Crippen molar-refractivity contribution >= 4 is 39.9 Å². The highest BCUT2D eigenvalue weighted by Gasteiger charge is 2.12. The number of hydrogen-bond donors (Lipinski definition) is 2. The molecule has 1 atom stereocenters. The van der Waals surface area contributed by atoms with E-state index in [1.165, 1.54) is 3.57 Å². The lowest BCUT2D eigenvalue weighted by Gasteiger charge is -2.15. The van der Waals surface area contributed by atoms with Gasteiger partial charge in [-0.1, -0.05) is 12.1 Å². The van der Waals surface area contributed by atoms with Gasteiger partial charge < -0.3 is 10.6 Å². The molecule has 0 bridgehead atoms. The van der Waals surface area contributed by atoms with E-state index >= 15 is 0 Å². The number of carbonyl (C=O) groups is 1. The van der Waals surface area contributed by atoms with E-state index in [0.29, 0.717) is 0 Å². The normalized spacial score (nSPS) is 11.8. The lowest BCUT2D eigenvalue weighted by atomic mass is 10.2.